The largest absolute Gasteiger partial charge is 0.465 e. The molecule has 0 aromatic heterocycles. The van der Waals surface area contributed by atoms with E-state index in [0.717, 1.165) is 4.90 Å². The number of rotatable bonds is 3. The lowest BCUT2D eigenvalue weighted by Gasteiger charge is -2.39. The molecule has 1 aliphatic heterocycles. The van der Waals surface area contributed by atoms with Crippen molar-refractivity contribution < 1.29 is 14.6 Å². The second-order valence-electron chi connectivity index (χ2n) is 4.90. The topological polar surface area (TPSA) is 53.0 Å². The molecule has 23 heavy (non-hydrogen) atoms. The standard InChI is InChI=1S/C13H13Cl5N2O3/c1-19(13(21)22)12(20-2-4-23-5-3-20)6-7(14)9(16)11(18)10(17)8(6)15/h12H,2-5H2,1H3,(H,21,22). The highest BCUT2D eigenvalue weighted by atomic mass is 35.5. The molecule has 10 heteroatoms. The number of nitrogens with zero attached hydrogens (tertiary/aromatic N) is 2. The maximum atomic E-state index is 11.5. The van der Waals surface area contributed by atoms with Crippen molar-refractivity contribution >= 4 is 64.1 Å². The summed E-state index contributed by atoms with van der Waals surface area (Å²) >= 11 is 30.8. The van der Waals surface area contributed by atoms with Gasteiger partial charge < -0.3 is 9.84 Å². The first-order valence-electron chi connectivity index (χ1n) is 6.56. The molecular formula is C13H13Cl5N2O3. The predicted octanol–water partition coefficient (Wildman–Crippen LogP) is 4.89. The Morgan fingerprint density at radius 3 is 1.91 bits per heavy atom. The van der Waals surface area contributed by atoms with Crippen molar-refractivity contribution in [1.29, 1.82) is 0 Å². The Morgan fingerprint density at radius 2 is 1.48 bits per heavy atom. The number of carboxylic acid groups (broad SMARTS) is 1. The molecule has 1 atom stereocenters. The van der Waals surface area contributed by atoms with Gasteiger partial charge in [-0.2, -0.15) is 0 Å². The first kappa shape index (κ1) is 19.2. The molecule has 1 unspecified atom stereocenters. The van der Waals surface area contributed by atoms with E-state index in [0.29, 0.717) is 31.9 Å². The summed E-state index contributed by atoms with van der Waals surface area (Å²) in [5.41, 5.74) is 0.305. The van der Waals surface area contributed by atoms with Crippen molar-refractivity contribution in [2.75, 3.05) is 33.4 Å². The summed E-state index contributed by atoms with van der Waals surface area (Å²) in [6.45, 7) is 1.95. The van der Waals surface area contributed by atoms with Gasteiger partial charge in [-0.25, -0.2) is 4.79 Å². The average Bonchev–Trinajstić information content (AvgIpc) is 2.55. The number of morpholine rings is 1. The van der Waals surface area contributed by atoms with Crippen LogP contribution in [-0.2, 0) is 4.74 Å². The number of hydrogen-bond acceptors (Lipinski definition) is 3. The summed E-state index contributed by atoms with van der Waals surface area (Å²) < 4.78 is 5.31. The van der Waals surface area contributed by atoms with Gasteiger partial charge >= 0.3 is 6.09 Å². The van der Waals surface area contributed by atoms with Crippen LogP contribution in [0.1, 0.15) is 11.7 Å². The molecule has 1 aromatic rings. The molecule has 1 fully saturated rings. The van der Waals surface area contributed by atoms with E-state index in [1.54, 1.807) is 0 Å². The third-order valence-electron chi connectivity index (χ3n) is 3.56. The lowest BCUT2D eigenvalue weighted by Crippen LogP contribution is -2.47. The van der Waals surface area contributed by atoms with Crippen LogP contribution < -0.4 is 0 Å². The molecule has 1 heterocycles. The highest BCUT2D eigenvalue weighted by Gasteiger charge is 2.34. The number of ether oxygens (including phenoxy) is 1. The van der Waals surface area contributed by atoms with Crippen LogP contribution in [-0.4, -0.2) is 54.4 Å². The number of benzene rings is 1. The maximum absolute atomic E-state index is 11.5. The maximum Gasteiger partial charge on any atom is 0.408 e. The molecule has 1 saturated heterocycles. The zero-order chi connectivity index (χ0) is 17.3. The summed E-state index contributed by atoms with van der Waals surface area (Å²) in [4.78, 5) is 14.5. The minimum Gasteiger partial charge on any atom is -0.465 e. The molecule has 0 saturated carbocycles. The van der Waals surface area contributed by atoms with E-state index in [-0.39, 0.29) is 25.1 Å². The molecule has 0 spiro atoms. The van der Waals surface area contributed by atoms with Gasteiger partial charge in [0.1, 0.15) is 6.17 Å². The second kappa shape index (κ2) is 7.83. The molecule has 1 amide bonds. The Hall–Kier alpha value is -0.140. The second-order valence-corrected chi connectivity index (χ2v) is 6.79. The van der Waals surface area contributed by atoms with E-state index in [2.05, 4.69) is 0 Å². The van der Waals surface area contributed by atoms with Gasteiger partial charge in [0, 0.05) is 25.7 Å². The monoisotopic (exact) mass is 420 g/mol. The van der Waals surface area contributed by atoms with Gasteiger partial charge in [-0.05, 0) is 0 Å². The zero-order valence-corrected chi connectivity index (χ0v) is 15.7. The Bertz CT molecular complexity index is 593. The molecule has 1 aliphatic rings. The summed E-state index contributed by atoms with van der Waals surface area (Å²) in [6.07, 6.45) is -1.90. The molecule has 1 N–H and O–H groups in total. The lowest BCUT2D eigenvalue weighted by molar-refractivity contribution is -0.0222. The van der Waals surface area contributed by atoms with E-state index in [9.17, 15) is 9.90 Å². The van der Waals surface area contributed by atoms with Gasteiger partial charge in [-0.3, -0.25) is 9.80 Å². The normalized spacial score (nSPS) is 17.1. The van der Waals surface area contributed by atoms with Gasteiger partial charge in [0.05, 0.1) is 38.3 Å². The molecular weight excluding hydrogens is 409 g/mol. The van der Waals surface area contributed by atoms with Crippen LogP contribution in [0.5, 0.6) is 0 Å². The molecule has 0 aliphatic carbocycles. The SMILES string of the molecule is CN(C(=O)O)C(c1c(Cl)c(Cl)c(Cl)c(Cl)c1Cl)N1CCOCC1. The van der Waals surface area contributed by atoms with Crippen LogP contribution in [0.15, 0.2) is 0 Å². The minimum absolute atomic E-state index is 0.0331. The lowest BCUT2D eigenvalue weighted by atomic mass is 10.1. The summed E-state index contributed by atoms with van der Waals surface area (Å²) in [5.74, 6) is 0. The summed E-state index contributed by atoms with van der Waals surface area (Å²) in [5, 5.41) is 9.67. The quantitative estimate of drug-likeness (QED) is 0.556. The van der Waals surface area contributed by atoms with Crippen LogP contribution in [0.2, 0.25) is 25.1 Å². The predicted molar refractivity (Wildman–Crippen MR) is 92.4 cm³/mol. The van der Waals surface area contributed by atoms with Crippen molar-refractivity contribution in [1.82, 2.24) is 9.80 Å². The summed E-state index contributed by atoms with van der Waals surface area (Å²) in [7, 11) is 1.42. The number of amides is 1. The molecule has 0 radical (unpaired) electrons. The Morgan fingerprint density at radius 1 is 1.04 bits per heavy atom. The van der Waals surface area contributed by atoms with E-state index in [1.807, 2.05) is 4.90 Å². The number of hydrogen-bond donors (Lipinski definition) is 1. The van der Waals surface area contributed by atoms with Gasteiger partial charge in [0.15, 0.2) is 0 Å². The van der Waals surface area contributed by atoms with E-state index in [4.69, 9.17) is 62.7 Å². The third kappa shape index (κ3) is 3.76. The third-order valence-corrected chi connectivity index (χ3v) is 5.87. The van der Waals surface area contributed by atoms with Crippen LogP contribution in [0.25, 0.3) is 0 Å². The van der Waals surface area contributed by atoms with Crippen molar-refractivity contribution in [2.24, 2.45) is 0 Å². The fourth-order valence-corrected chi connectivity index (χ4v) is 3.74. The first-order chi connectivity index (χ1) is 10.8. The van der Waals surface area contributed by atoms with Gasteiger partial charge in [0.25, 0.3) is 0 Å². The summed E-state index contributed by atoms with van der Waals surface area (Å²) in [6, 6.07) is 0. The molecule has 0 bridgehead atoms. The van der Waals surface area contributed by atoms with Crippen LogP contribution in [0.3, 0.4) is 0 Å². The van der Waals surface area contributed by atoms with E-state index in [1.165, 1.54) is 7.05 Å². The molecule has 128 valence electrons. The van der Waals surface area contributed by atoms with E-state index >= 15 is 0 Å². The van der Waals surface area contributed by atoms with Gasteiger partial charge in [-0.1, -0.05) is 58.0 Å². The van der Waals surface area contributed by atoms with Crippen molar-refractivity contribution in [3.05, 3.63) is 30.7 Å². The smallest absolute Gasteiger partial charge is 0.408 e. The Labute approximate surface area is 158 Å². The molecule has 2 rings (SSSR count). The highest BCUT2D eigenvalue weighted by molar-refractivity contribution is 6.55. The van der Waals surface area contributed by atoms with Crippen molar-refractivity contribution in [2.45, 2.75) is 6.17 Å². The zero-order valence-electron chi connectivity index (χ0n) is 12.0. The fraction of sp³-hybridized carbons (Fsp3) is 0.462. The first-order valence-corrected chi connectivity index (χ1v) is 8.45. The Balaban J connectivity index is 2.61. The van der Waals surface area contributed by atoms with Gasteiger partial charge in [0.2, 0.25) is 0 Å². The molecule has 5 nitrogen and oxygen atoms in total. The van der Waals surface area contributed by atoms with Crippen LogP contribution >= 0.6 is 58.0 Å². The fourth-order valence-electron chi connectivity index (χ4n) is 2.40. The number of halogens is 5. The minimum atomic E-state index is -1.14. The van der Waals surface area contributed by atoms with Crippen molar-refractivity contribution in [3.8, 4) is 0 Å². The highest BCUT2D eigenvalue weighted by Crippen LogP contribution is 2.47. The van der Waals surface area contributed by atoms with Crippen LogP contribution in [0.4, 0.5) is 4.79 Å². The molecule has 1 aromatic carbocycles. The van der Waals surface area contributed by atoms with E-state index < -0.39 is 12.3 Å². The van der Waals surface area contributed by atoms with Crippen molar-refractivity contribution in [3.63, 3.8) is 0 Å². The van der Waals surface area contributed by atoms with Gasteiger partial charge in [-0.15, -0.1) is 0 Å². The average molecular weight is 423 g/mol. The number of carbonyl (C=O) groups is 1. The Kier molecular flexibility index (Phi) is 6.53. The van der Waals surface area contributed by atoms with Crippen LogP contribution in [0, 0.1) is 0 Å².